The van der Waals surface area contributed by atoms with Gasteiger partial charge in [0.05, 0.1) is 5.92 Å². The van der Waals surface area contributed by atoms with E-state index in [0.717, 1.165) is 0 Å². The summed E-state index contributed by atoms with van der Waals surface area (Å²) >= 11 is 0. The molecule has 1 unspecified atom stereocenters. The van der Waals surface area contributed by atoms with E-state index >= 15 is 0 Å². The summed E-state index contributed by atoms with van der Waals surface area (Å²) in [6.07, 6.45) is -21.5. The fraction of sp³-hybridized carbons (Fsp3) is 0.750. The molecular weight excluding hydrogens is 286 g/mol. The van der Waals surface area contributed by atoms with Crippen LogP contribution >= 0.6 is 0 Å². The van der Waals surface area contributed by atoms with Crippen molar-refractivity contribution in [1.29, 1.82) is 0 Å². The molecule has 1 atom stereocenters. The van der Waals surface area contributed by atoms with Gasteiger partial charge in [0.2, 0.25) is 0 Å². The van der Waals surface area contributed by atoms with Crippen molar-refractivity contribution in [3.63, 3.8) is 0 Å². The molecular formula is C8H6F10. The van der Waals surface area contributed by atoms with Crippen LogP contribution in [0.5, 0.6) is 0 Å². The summed E-state index contributed by atoms with van der Waals surface area (Å²) in [5.41, 5.74) is -5.94. The third kappa shape index (κ3) is 3.29. The van der Waals surface area contributed by atoms with Crippen molar-refractivity contribution in [3.8, 4) is 0 Å². The first kappa shape index (κ1) is 17.0. The lowest BCUT2D eigenvalue weighted by Gasteiger charge is -2.32. The van der Waals surface area contributed by atoms with Gasteiger partial charge in [0, 0.05) is 6.42 Å². The average molecular weight is 292 g/mol. The molecule has 0 fully saturated rings. The Morgan fingerprint density at radius 2 is 1.11 bits per heavy atom. The van der Waals surface area contributed by atoms with Crippen LogP contribution in [0.25, 0.3) is 0 Å². The Balaban J connectivity index is 5.48. The van der Waals surface area contributed by atoms with E-state index in [4.69, 9.17) is 0 Å². The molecule has 0 bridgehead atoms. The lowest BCUT2D eigenvalue weighted by molar-refractivity contribution is -0.350. The first-order valence-corrected chi connectivity index (χ1v) is 4.18. The molecule has 0 aliphatic heterocycles. The van der Waals surface area contributed by atoms with Crippen LogP contribution in [0.1, 0.15) is 6.42 Å². The van der Waals surface area contributed by atoms with Crippen LogP contribution in [0.2, 0.25) is 0 Å². The van der Waals surface area contributed by atoms with Gasteiger partial charge in [-0.3, -0.25) is 0 Å². The molecule has 0 saturated heterocycles. The fourth-order valence-corrected chi connectivity index (χ4v) is 1.03. The number of rotatable bonds is 3. The van der Waals surface area contributed by atoms with Gasteiger partial charge >= 0.3 is 18.5 Å². The van der Waals surface area contributed by atoms with Gasteiger partial charge in [-0.15, -0.1) is 6.58 Å². The van der Waals surface area contributed by atoms with Crippen LogP contribution in [0.4, 0.5) is 43.9 Å². The zero-order valence-corrected chi connectivity index (χ0v) is 8.35. The number of hydrogen-bond donors (Lipinski definition) is 0. The molecule has 0 spiro atoms. The van der Waals surface area contributed by atoms with E-state index in [1.807, 2.05) is 0 Å². The topological polar surface area (TPSA) is 0 Å². The number of hydrogen-bond acceptors (Lipinski definition) is 0. The summed E-state index contributed by atoms with van der Waals surface area (Å²) in [4.78, 5) is 0. The van der Waals surface area contributed by atoms with E-state index in [1.165, 1.54) is 0 Å². The maximum atomic E-state index is 13.0. The van der Waals surface area contributed by atoms with Crippen LogP contribution in [0.3, 0.4) is 0 Å². The Hall–Kier alpha value is -0.960. The monoisotopic (exact) mass is 292 g/mol. The standard InChI is InChI=1S/C8H6F10/c1-2-4(6(10,11)12)3-5(9,7(13,14)15)8(16,17)18/h2,4H,1,3H2. The van der Waals surface area contributed by atoms with Crippen LogP contribution in [0.15, 0.2) is 12.7 Å². The van der Waals surface area contributed by atoms with Gasteiger partial charge in [-0.05, 0) is 0 Å². The Morgan fingerprint density at radius 3 is 1.28 bits per heavy atom. The van der Waals surface area contributed by atoms with E-state index in [-0.39, 0.29) is 6.08 Å². The summed E-state index contributed by atoms with van der Waals surface area (Å²) in [6, 6.07) is 0. The van der Waals surface area contributed by atoms with Crippen molar-refractivity contribution in [2.24, 2.45) is 5.92 Å². The van der Waals surface area contributed by atoms with Crippen molar-refractivity contribution < 1.29 is 43.9 Å². The molecule has 18 heavy (non-hydrogen) atoms. The highest BCUT2D eigenvalue weighted by molar-refractivity contribution is 5.00. The normalized spacial score (nSPS) is 16.6. The van der Waals surface area contributed by atoms with E-state index < -0.39 is 36.5 Å². The largest absolute Gasteiger partial charge is 0.431 e. The minimum absolute atomic E-state index is 0.203. The summed E-state index contributed by atoms with van der Waals surface area (Å²) in [7, 11) is 0. The lowest BCUT2D eigenvalue weighted by Crippen LogP contribution is -2.55. The first-order valence-electron chi connectivity index (χ1n) is 4.18. The molecule has 0 aliphatic carbocycles. The minimum Gasteiger partial charge on any atom is -0.224 e. The fourth-order valence-electron chi connectivity index (χ4n) is 1.03. The quantitative estimate of drug-likeness (QED) is 0.528. The minimum atomic E-state index is -6.50. The lowest BCUT2D eigenvalue weighted by atomic mass is 9.90. The van der Waals surface area contributed by atoms with Crippen LogP contribution in [-0.2, 0) is 0 Å². The van der Waals surface area contributed by atoms with Gasteiger partial charge in [0.1, 0.15) is 0 Å². The molecule has 108 valence electrons. The molecule has 10 heteroatoms. The van der Waals surface area contributed by atoms with Crippen LogP contribution in [-0.4, -0.2) is 24.2 Å². The van der Waals surface area contributed by atoms with E-state index in [2.05, 4.69) is 6.58 Å². The van der Waals surface area contributed by atoms with Crippen molar-refractivity contribution in [3.05, 3.63) is 12.7 Å². The van der Waals surface area contributed by atoms with Crippen molar-refractivity contribution in [2.75, 3.05) is 0 Å². The van der Waals surface area contributed by atoms with Crippen LogP contribution < -0.4 is 0 Å². The van der Waals surface area contributed by atoms with Crippen molar-refractivity contribution in [2.45, 2.75) is 30.6 Å². The first-order chi connectivity index (χ1) is 7.67. The van der Waals surface area contributed by atoms with Crippen molar-refractivity contribution in [1.82, 2.24) is 0 Å². The molecule has 0 N–H and O–H groups in total. The molecule has 0 radical (unpaired) electrons. The maximum absolute atomic E-state index is 13.0. The van der Waals surface area contributed by atoms with Crippen molar-refractivity contribution >= 4 is 0 Å². The van der Waals surface area contributed by atoms with Gasteiger partial charge in [0.25, 0.3) is 5.67 Å². The Morgan fingerprint density at radius 1 is 0.778 bits per heavy atom. The smallest absolute Gasteiger partial charge is 0.224 e. The average Bonchev–Trinajstić information content (AvgIpc) is 2.07. The SMILES string of the molecule is C=CC(CC(F)(C(F)(F)F)C(F)(F)F)C(F)(F)F. The summed E-state index contributed by atoms with van der Waals surface area (Å²) < 4.78 is 121. The molecule has 0 heterocycles. The van der Waals surface area contributed by atoms with Gasteiger partial charge < -0.3 is 0 Å². The zero-order valence-electron chi connectivity index (χ0n) is 8.35. The Kier molecular flexibility index (Phi) is 4.37. The number of allylic oxidation sites excluding steroid dienone is 1. The zero-order chi connectivity index (χ0) is 15.0. The summed E-state index contributed by atoms with van der Waals surface area (Å²) in [5.74, 6) is -3.26. The predicted molar refractivity (Wildman–Crippen MR) is 40.3 cm³/mol. The van der Waals surface area contributed by atoms with Gasteiger partial charge in [0.15, 0.2) is 0 Å². The maximum Gasteiger partial charge on any atom is 0.431 e. The second-order valence-corrected chi connectivity index (χ2v) is 3.38. The molecule has 0 aromatic carbocycles. The van der Waals surface area contributed by atoms with Gasteiger partial charge in [-0.2, -0.15) is 39.5 Å². The Labute approximate surface area is 94.3 Å². The summed E-state index contributed by atoms with van der Waals surface area (Å²) in [6.45, 7) is 2.45. The highest BCUT2D eigenvalue weighted by Gasteiger charge is 2.73. The van der Waals surface area contributed by atoms with E-state index in [9.17, 15) is 43.9 Å². The molecule has 0 aliphatic rings. The molecule has 0 amide bonds. The molecule has 0 nitrogen and oxygen atoms in total. The predicted octanol–water partition coefficient (Wildman–Crippen LogP) is 4.57. The summed E-state index contributed by atoms with van der Waals surface area (Å²) in [5, 5.41) is 0. The third-order valence-electron chi connectivity index (χ3n) is 2.10. The third-order valence-corrected chi connectivity index (χ3v) is 2.10. The molecule has 0 rings (SSSR count). The number of alkyl halides is 10. The van der Waals surface area contributed by atoms with Crippen LogP contribution in [0, 0.1) is 5.92 Å². The Bertz CT molecular complexity index is 278. The second-order valence-electron chi connectivity index (χ2n) is 3.38. The van der Waals surface area contributed by atoms with E-state index in [0.29, 0.717) is 0 Å². The molecule has 0 aromatic heterocycles. The highest BCUT2D eigenvalue weighted by atomic mass is 19.4. The van der Waals surface area contributed by atoms with Gasteiger partial charge in [-0.1, -0.05) is 6.08 Å². The number of halogens is 10. The highest BCUT2D eigenvalue weighted by Crippen LogP contribution is 2.51. The van der Waals surface area contributed by atoms with Gasteiger partial charge in [-0.25, -0.2) is 4.39 Å². The second kappa shape index (κ2) is 4.61. The molecule has 0 saturated carbocycles. The molecule has 0 aromatic rings. The van der Waals surface area contributed by atoms with E-state index in [1.54, 1.807) is 0 Å².